The van der Waals surface area contributed by atoms with Gasteiger partial charge in [0.15, 0.2) is 0 Å². The zero-order valence-electron chi connectivity index (χ0n) is 15.4. The Morgan fingerprint density at radius 1 is 1.17 bits per heavy atom. The lowest BCUT2D eigenvalue weighted by Gasteiger charge is -2.17. The van der Waals surface area contributed by atoms with Crippen molar-refractivity contribution in [2.45, 2.75) is 26.1 Å². The monoisotopic (exact) mass is 422 g/mol. The van der Waals surface area contributed by atoms with Gasteiger partial charge in [-0.2, -0.15) is 0 Å². The summed E-state index contributed by atoms with van der Waals surface area (Å²) in [5, 5.41) is 3.46. The molecule has 0 spiro atoms. The van der Waals surface area contributed by atoms with E-state index in [4.69, 9.17) is 0 Å². The van der Waals surface area contributed by atoms with Crippen molar-refractivity contribution in [2.24, 2.45) is 0 Å². The molecule has 0 radical (unpaired) electrons. The number of aryl methyl sites for hydroxylation is 1. The Labute approximate surface area is 168 Å². The number of halogens is 3. The summed E-state index contributed by atoms with van der Waals surface area (Å²) in [5.41, 5.74) is 0.853. The first-order chi connectivity index (χ1) is 13.8. The van der Waals surface area contributed by atoms with Crippen LogP contribution in [0.25, 0.3) is 10.2 Å². The topological polar surface area (TPSA) is 67.4 Å². The number of hydrogen-bond acceptors (Lipinski definition) is 6. The number of carbonyl (C=O) groups excluding carboxylic acids is 1. The minimum Gasteiger partial charge on any atom is -0.406 e. The molecule has 1 amide bonds. The Balaban J connectivity index is 1.62. The summed E-state index contributed by atoms with van der Waals surface area (Å²) in [6.07, 6.45) is -1.11. The molecule has 0 aliphatic carbocycles. The van der Waals surface area contributed by atoms with Gasteiger partial charge < -0.3 is 15.0 Å². The molecule has 0 unspecified atom stereocenters. The van der Waals surface area contributed by atoms with Crippen LogP contribution in [0.4, 0.5) is 24.7 Å². The number of hydrogen-bond donors (Lipinski definition) is 1. The molecular formula is C19H17F3N4O2S. The van der Waals surface area contributed by atoms with Crippen LogP contribution >= 0.6 is 11.3 Å². The number of nitrogens with zero attached hydrogens (tertiary/aromatic N) is 3. The maximum atomic E-state index is 13.0. The Morgan fingerprint density at radius 3 is 2.52 bits per heavy atom. The molecule has 1 aliphatic rings. The summed E-state index contributed by atoms with van der Waals surface area (Å²) >= 11 is 1.42. The van der Waals surface area contributed by atoms with Gasteiger partial charge in [0, 0.05) is 23.7 Å². The lowest BCUT2D eigenvalue weighted by atomic mass is 10.1. The lowest BCUT2D eigenvalue weighted by molar-refractivity contribution is -0.274. The number of alkyl halides is 3. The molecule has 152 valence electrons. The molecule has 1 N–H and O–H groups in total. The van der Waals surface area contributed by atoms with Gasteiger partial charge in [-0.1, -0.05) is 0 Å². The van der Waals surface area contributed by atoms with Crippen LogP contribution in [-0.2, 0) is 0 Å². The highest BCUT2D eigenvalue weighted by atomic mass is 32.1. The number of fused-ring (bicyclic) bond motifs is 1. The second-order valence-corrected chi connectivity index (χ2v) is 7.83. The Hall–Kier alpha value is -2.88. The molecule has 1 aliphatic heterocycles. The van der Waals surface area contributed by atoms with Gasteiger partial charge in [0.05, 0.1) is 10.9 Å². The number of aromatic nitrogens is 2. The minimum absolute atomic E-state index is 0.350. The maximum absolute atomic E-state index is 13.0. The van der Waals surface area contributed by atoms with Crippen LogP contribution in [0, 0.1) is 6.92 Å². The standard InChI is InChI=1S/C19H17F3N4O2S/c1-11-14(15-16(26-8-2-3-9-26)23-10-24-18(15)29-11)17(27)25-12-4-6-13(7-5-12)28-19(20,21)22/h4-7,10H,2-3,8-9H2,1H3,(H,25,27). The Kier molecular flexibility index (Phi) is 5.03. The average molecular weight is 422 g/mol. The second-order valence-electron chi connectivity index (χ2n) is 6.63. The number of amides is 1. The molecule has 3 heterocycles. The van der Waals surface area contributed by atoms with Crippen LogP contribution < -0.4 is 15.0 Å². The first-order valence-corrected chi connectivity index (χ1v) is 9.80. The molecular weight excluding hydrogens is 405 g/mol. The number of ether oxygens (including phenoxy) is 1. The van der Waals surface area contributed by atoms with E-state index in [9.17, 15) is 18.0 Å². The normalized spacial score (nSPS) is 14.4. The van der Waals surface area contributed by atoms with Crippen LogP contribution in [0.1, 0.15) is 28.1 Å². The molecule has 3 aromatic rings. The maximum Gasteiger partial charge on any atom is 0.573 e. The molecule has 1 fully saturated rings. The minimum atomic E-state index is -4.76. The highest BCUT2D eigenvalue weighted by molar-refractivity contribution is 7.19. The second kappa shape index (κ2) is 7.51. The fourth-order valence-corrected chi connectivity index (χ4v) is 4.39. The van der Waals surface area contributed by atoms with Crippen LogP contribution in [0.3, 0.4) is 0 Å². The van der Waals surface area contributed by atoms with Gasteiger partial charge in [0.1, 0.15) is 22.7 Å². The first-order valence-electron chi connectivity index (χ1n) is 8.98. The van der Waals surface area contributed by atoms with Crippen molar-refractivity contribution >= 4 is 39.0 Å². The van der Waals surface area contributed by atoms with Gasteiger partial charge in [-0.25, -0.2) is 9.97 Å². The summed E-state index contributed by atoms with van der Waals surface area (Å²) < 4.78 is 40.7. The third-order valence-corrected chi connectivity index (χ3v) is 5.64. The molecule has 0 atom stereocenters. The molecule has 0 bridgehead atoms. The van der Waals surface area contributed by atoms with Crippen molar-refractivity contribution in [2.75, 3.05) is 23.3 Å². The molecule has 29 heavy (non-hydrogen) atoms. The summed E-state index contributed by atoms with van der Waals surface area (Å²) in [7, 11) is 0. The van der Waals surface area contributed by atoms with Gasteiger partial charge in [-0.3, -0.25) is 4.79 Å². The third-order valence-electron chi connectivity index (χ3n) is 4.62. The van der Waals surface area contributed by atoms with E-state index in [0.29, 0.717) is 16.6 Å². The first kappa shape index (κ1) is 19.4. The Morgan fingerprint density at radius 2 is 1.86 bits per heavy atom. The van der Waals surface area contributed by atoms with Crippen molar-refractivity contribution in [3.8, 4) is 5.75 Å². The van der Waals surface area contributed by atoms with Crippen molar-refractivity contribution < 1.29 is 22.7 Å². The molecule has 1 saturated heterocycles. The van der Waals surface area contributed by atoms with E-state index in [1.54, 1.807) is 0 Å². The average Bonchev–Trinajstić information content (AvgIpc) is 3.28. The molecule has 1 aromatic carbocycles. The van der Waals surface area contributed by atoms with Crippen LogP contribution in [-0.4, -0.2) is 35.3 Å². The zero-order chi connectivity index (χ0) is 20.6. The Bertz CT molecular complexity index is 1040. The van der Waals surface area contributed by atoms with Gasteiger partial charge in [0.25, 0.3) is 5.91 Å². The van der Waals surface area contributed by atoms with E-state index in [-0.39, 0.29) is 11.7 Å². The number of thiophene rings is 1. The third kappa shape index (κ3) is 4.12. The van der Waals surface area contributed by atoms with E-state index < -0.39 is 6.36 Å². The lowest BCUT2D eigenvalue weighted by Crippen LogP contribution is -2.20. The van der Waals surface area contributed by atoms with Gasteiger partial charge in [-0.05, 0) is 44.0 Å². The van der Waals surface area contributed by atoms with Gasteiger partial charge in [-0.15, -0.1) is 24.5 Å². The zero-order valence-corrected chi connectivity index (χ0v) is 16.2. The van der Waals surface area contributed by atoms with E-state index in [0.717, 1.165) is 53.6 Å². The van der Waals surface area contributed by atoms with E-state index in [2.05, 4.69) is 24.9 Å². The number of carbonyl (C=O) groups is 1. The number of rotatable bonds is 4. The number of nitrogens with one attached hydrogen (secondary N) is 1. The number of anilines is 2. The molecule has 0 saturated carbocycles. The predicted molar refractivity (Wildman–Crippen MR) is 105 cm³/mol. The molecule has 2 aromatic heterocycles. The molecule has 10 heteroatoms. The molecule has 6 nitrogen and oxygen atoms in total. The highest BCUT2D eigenvalue weighted by Gasteiger charge is 2.31. The largest absolute Gasteiger partial charge is 0.573 e. The van der Waals surface area contributed by atoms with Gasteiger partial charge >= 0.3 is 6.36 Å². The molecule has 4 rings (SSSR count). The van der Waals surface area contributed by atoms with Crippen LogP contribution in [0.5, 0.6) is 5.75 Å². The van der Waals surface area contributed by atoms with Crippen molar-refractivity contribution in [1.82, 2.24) is 9.97 Å². The van der Waals surface area contributed by atoms with Gasteiger partial charge in [0.2, 0.25) is 0 Å². The van der Waals surface area contributed by atoms with Crippen molar-refractivity contribution in [1.29, 1.82) is 0 Å². The summed E-state index contributed by atoms with van der Waals surface area (Å²) in [6.45, 7) is 3.60. The SMILES string of the molecule is Cc1sc2ncnc(N3CCCC3)c2c1C(=O)Nc1ccc(OC(F)(F)F)cc1. The van der Waals surface area contributed by atoms with Crippen LogP contribution in [0.15, 0.2) is 30.6 Å². The summed E-state index contributed by atoms with van der Waals surface area (Å²) in [5.74, 6) is 0.0433. The van der Waals surface area contributed by atoms with Crippen molar-refractivity contribution in [3.63, 3.8) is 0 Å². The number of benzene rings is 1. The summed E-state index contributed by atoms with van der Waals surface area (Å²) in [4.78, 5) is 25.4. The summed E-state index contributed by atoms with van der Waals surface area (Å²) in [6, 6.07) is 5.03. The van der Waals surface area contributed by atoms with E-state index in [1.807, 2.05) is 6.92 Å². The fraction of sp³-hybridized carbons (Fsp3) is 0.316. The predicted octanol–water partition coefficient (Wildman–Crippen LogP) is 4.75. The van der Waals surface area contributed by atoms with E-state index in [1.165, 1.54) is 29.8 Å². The van der Waals surface area contributed by atoms with E-state index >= 15 is 0 Å². The van der Waals surface area contributed by atoms with Crippen molar-refractivity contribution in [3.05, 3.63) is 41.0 Å². The van der Waals surface area contributed by atoms with Crippen LogP contribution in [0.2, 0.25) is 0 Å². The fourth-order valence-electron chi connectivity index (χ4n) is 3.40. The highest BCUT2D eigenvalue weighted by Crippen LogP contribution is 2.36. The quantitative estimate of drug-likeness (QED) is 0.657. The smallest absolute Gasteiger partial charge is 0.406 e.